The Bertz CT molecular complexity index is 760. The molecule has 1 aromatic carbocycles. The smallest absolute Gasteiger partial charge is 0.269 e. The lowest BCUT2D eigenvalue weighted by Gasteiger charge is -2.18. The number of amides is 1. The van der Waals surface area contributed by atoms with E-state index < -0.39 is 0 Å². The van der Waals surface area contributed by atoms with Gasteiger partial charge in [0.15, 0.2) is 0 Å². The largest absolute Gasteiger partial charge is 0.497 e. The topological polar surface area (TPSA) is 87.2 Å². The highest BCUT2D eigenvalue weighted by atomic mass is 32.2. The Kier molecular flexibility index (Phi) is 5.65. The first kappa shape index (κ1) is 17.8. The summed E-state index contributed by atoms with van der Waals surface area (Å²) >= 11 is 1.70. The number of aliphatic hydroxyl groups is 1. The number of ether oxygens (including phenoxy) is 1. The summed E-state index contributed by atoms with van der Waals surface area (Å²) in [4.78, 5) is 12.6. The lowest BCUT2D eigenvalue weighted by molar-refractivity contribution is 0.0909. The standard InChI is InChI=1S/C18H23N3O3S/c1-24-13-4-6-14-11(9-13)3-5-15-16(14)20-21-17(15)18(23)19-12(10-22)7-8-25-2/h4,6,9,12,22H,3,5,7-8,10H2,1-2H3,(H,19,23)(H,20,21)/t12-/m1/s1. The van der Waals surface area contributed by atoms with Crippen LogP contribution in [0.2, 0.25) is 0 Å². The molecular formula is C18H23N3O3S. The summed E-state index contributed by atoms with van der Waals surface area (Å²) in [6.45, 7) is -0.0642. The van der Waals surface area contributed by atoms with Crippen molar-refractivity contribution in [3.05, 3.63) is 35.0 Å². The lowest BCUT2D eigenvalue weighted by Crippen LogP contribution is -2.38. The third kappa shape index (κ3) is 3.67. The first-order chi connectivity index (χ1) is 12.2. The fraction of sp³-hybridized carbons (Fsp3) is 0.444. The molecule has 1 aliphatic rings. The van der Waals surface area contributed by atoms with Gasteiger partial charge >= 0.3 is 0 Å². The Morgan fingerprint density at radius 3 is 3.04 bits per heavy atom. The fourth-order valence-corrected chi connectivity index (χ4v) is 3.66. The van der Waals surface area contributed by atoms with Gasteiger partial charge in [-0.3, -0.25) is 9.89 Å². The zero-order valence-corrected chi connectivity index (χ0v) is 15.3. The van der Waals surface area contributed by atoms with Gasteiger partial charge in [-0.1, -0.05) is 0 Å². The van der Waals surface area contributed by atoms with Crippen molar-refractivity contribution in [3.63, 3.8) is 0 Å². The quantitative estimate of drug-likeness (QED) is 0.702. The minimum atomic E-state index is -0.237. The summed E-state index contributed by atoms with van der Waals surface area (Å²) in [5.74, 6) is 1.52. The molecule has 3 rings (SSSR count). The number of benzene rings is 1. The van der Waals surface area contributed by atoms with E-state index in [-0.39, 0.29) is 18.6 Å². The van der Waals surface area contributed by atoms with Crippen molar-refractivity contribution in [1.29, 1.82) is 0 Å². The summed E-state index contributed by atoms with van der Waals surface area (Å²) < 4.78 is 5.28. The number of aliphatic hydroxyl groups excluding tert-OH is 1. The number of carbonyl (C=O) groups is 1. The van der Waals surface area contributed by atoms with Crippen LogP contribution in [0.5, 0.6) is 5.75 Å². The average molecular weight is 361 g/mol. The van der Waals surface area contributed by atoms with Gasteiger partial charge in [-0.2, -0.15) is 16.9 Å². The van der Waals surface area contributed by atoms with Crippen LogP contribution in [0.3, 0.4) is 0 Å². The summed E-state index contributed by atoms with van der Waals surface area (Å²) in [5.41, 5.74) is 4.49. The van der Waals surface area contributed by atoms with E-state index in [1.54, 1.807) is 18.9 Å². The molecule has 0 radical (unpaired) electrons. The van der Waals surface area contributed by atoms with Crippen LogP contribution >= 0.6 is 11.8 Å². The molecule has 0 bridgehead atoms. The maximum atomic E-state index is 12.6. The molecular weight excluding hydrogens is 338 g/mol. The minimum Gasteiger partial charge on any atom is -0.497 e. The lowest BCUT2D eigenvalue weighted by atomic mass is 9.88. The summed E-state index contributed by atoms with van der Waals surface area (Å²) in [7, 11) is 1.65. The van der Waals surface area contributed by atoms with Crippen LogP contribution in [0.1, 0.15) is 28.0 Å². The number of thioether (sulfide) groups is 1. The predicted octanol–water partition coefficient (Wildman–Crippen LogP) is 2.03. The Morgan fingerprint density at radius 2 is 2.32 bits per heavy atom. The van der Waals surface area contributed by atoms with E-state index in [1.165, 1.54) is 5.56 Å². The van der Waals surface area contributed by atoms with Crippen LogP contribution in [-0.4, -0.2) is 53.0 Å². The van der Waals surface area contributed by atoms with Crippen molar-refractivity contribution in [2.45, 2.75) is 25.3 Å². The molecule has 0 unspecified atom stereocenters. The maximum Gasteiger partial charge on any atom is 0.269 e. The third-order valence-electron chi connectivity index (χ3n) is 4.53. The SMILES string of the molecule is COc1ccc2c(c1)CCc1c-2n[nH]c1C(=O)N[C@@H](CO)CCSC. The zero-order chi connectivity index (χ0) is 17.8. The van der Waals surface area contributed by atoms with Crippen molar-refractivity contribution >= 4 is 17.7 Å². The number of carbonyl (C=O) groups excluding carboxylic acids is 1. The van der Waals surface area contributed by atoms with E-state index in [4.69, 9.17) is 4.74 Å². The number of aryl methyl sites for hydroxylation is 1. The highest BCUT2D eigenvalue weighted by Gasteiger charge is 2.26. The number of nitrogens with zero attached hydrogens (tertiary/aromatic N) is 1. The van der Waals surface area contributed by atoms with Crippen molar-refractivity contribution in [2.24, 2.45) is 0 Å². The van der Waals surface area contributed by atoms with Gasteiger partial charge < -0.3 is 15.2 Å². The molecule has 3 N–H and O–H groups in total. The van der Waals surface area contributed by atoms with E-state index >= 15 is 0 Å². The molecule has 134 valence electrons. The Balaban J connectivity index is 1.82. The maximum absolute atomic E-state index is 12.6. The van der Waals surface area contributed by atoms with Crippen molar-refractivity contribution in [1.82, 2.24) is 15.5 Å². The summed E-state index contributed by atoms with van der Waals surface area (Å²) in [5, 5.41) is 19.6. The molecule has 2 aromatic rings. The van der Waals surface area contributed by atoms with E-state index in [9.17, 15) is 9.90 Å². The number of H-pyrrole nitrogens is 1. The fourth-order valence-electron chi connectivity index (χ4n) is 3.14. The number of aromatic nitrogens is 2. The molecule has 0 aliphatic heterocycles. The van der Waals surface area contributed by atoms with E-state index in [1.807, 2.05) is 24.5 Å². The van der Waals surface area contributed by atoms with E-state index in [0.29, 0.717) is 5.69 Å². The normalized spacial score (nSPS) is 13.7. The van der Waals surface area contributed by atoms with Crippen LogP contribution in [0.4, 0.5) is 0 Å². The van der Waals surface area contributed by atoms with Gasteiger partial charge in [0.05, 0.1) is 25.5 Å². The Hall–Kier alpha value is -1.99. The van der Waals surface area contributed by atoms with Crippen LogP contribution in [0.15, 0.2) is 18.2 Å². The molecule has 1 amide bonds. The van der Waals surface area contributed by atoms with Gasteiger partial charge in [-0.05, 0) is 55.0 Å². The van der Waals surface area contributed by atoms with Crippen LogP contribution in [0.25, 0.3) is 11.3 Å². The Labute approximate surface area is 151 Å². The molecule has 0 saturated carbocycles. The number of hydrogen-bond acceptors (Lipinski definition) is 5. The number of rotatable bonds is 7. The minimum absolute atomic E-state index is 0.0642. The molecule has 1 aromatic heterocycles. The van der Waals surface area contributed by atoms with Crippen LogP contribution < -0.4 is 10.1 Å². The Morgan fingerprint density at radius 1 is 1.48 bits per heavy atom. The molecule has 1 heterocycles. The van der Waals surface area contributed by atoms with Crippen LogP contribution in [-0.2, 0) is 12.8 Å². The van der Waals surface area contributed by atoms with Crippen molar-refractivity contribution in [2.75, 3.05) is 25.7 Å². The van der Waals surface area contributed by atoms with Gasteiger partial charge in [0.25, 0.3) is 5.91 Å². The number of methoxy groups -OCH3 is 1. The van der Waals surface area contributed by atoms with Gasteiger partial charge in [0, 0.05) is 11.1 Å². The molecule has 0 fully saturated rings. The third-order valence-corrected chi connectivity index (χ3v) is 5.18. The predicted molar refractivity (Wildman–Crippen MR) is 99.3 cm³/mol. The van der Waals surface area contributed by atoms with E-state index in [0.717, 1.165) is 47.6 Å². The second-order valence-electron chi connectivity index (χ2n) is 6.08. The first-order valence-electron chi connectivity index (χ1n) is 8.33. The molecule has 25 heavy (non-hydrogen) atoms. The first-order valence-corrected chi connectivity index (χ1v) is 9.72. The molecule has 6 nitrogen and oxygen atoms in total. The van der Waals surface area contributed by atoms with Gasteiger partial charge in [0.2, 0.25) is 0 Å². The number of aromatic amines is 1. The summed E-state index contributed by atoms with van der Waals surface area (Å²) in [6, 6.07) is 5.69. The highest BCUT2D eigenvalue weighted by Crippen LogP contribution is 2.35. The van der Waals surface area contributed by atoms with E-state index in [2.05, 4.69) is 15.5 Å². The zero-order valence-electron chi connectivity index (χ0n) is 14.5. The summed E-state index contributed by atoms with van der Waals surface area (Å²) in [6.07, 6.45) is 4.34. The monoisotopic (exact) mass is 361 g/mol. The van der Waals surface area contributed by atoms with Crippen LogP contribution in [0, 0.1) is 0 Å². The van der Waals surface area contributed by atoms with Gasteiger partial charge in [-0.25, -0.2) is 0 Å². The molecule has 7 heteroatoms. The number of fused-ring (bicyclic) bond motifs is 3. The molecule has 0 saturated heterocycles. The van der Waals surface area contributed by atoms with Crippen molar-refractivity contribution in [3.8, 4) is 17.0 Å². The van der Waals surface area contributed by atoms with Gasteiger partial charge in [-0.15, -0.1) is 0 Å². The molecule has 1 atom stereocenters. The highest BCUT2D eigenvalue weighted by molar-refractivity contribution is 7.98. The number of hydrogen-bond donors (Lipinski definition) is 3. The van der Waals surface area contributed by atoms with Crippen molar-refractivity contribution < 1.29 is 14.6 Å². The second kappa shape index (κ2) is 7.93. The van der Waals surface area contributed by atoms with Gasteiger partial charge in [0.1, 0.15) is 11.4 Å². The average Bonchev–Trinajstić information content (AvgIpc) is 3.08. The second-order valence-corrected chi connectivity index (χ2v) is 7.07. The molecule has 0 spiro atoms. The molecule has 1 aliphatic carbocycles. The number of nitrogens with one attached hydrogen (secondary N) is 2.